The number of aromatic nitrogens is 2. The predicted octanol–water partition coefficient (Wildman–Crippen LogP) is 4.57. The fraction of sp³-hybridized carbons (Fsp3) is 0.391. The molecule has 0 radical (unpaired) electrons. The van der Waals surface area contributed by atoms with E-state index in [1.165, 1.54) is 27.4 Å². The van der Waals surface area contributed by atoms with Crippen LogP contribution in [0.2, 0.25) is 0 Å². The van der Waals surface area contributed by atoms with Gasteiger partial charge in [-0.3, -0.25) is 10.1 Å². The van der Waals surface area contributed by atoms with Gasteiger partial charge in [-0.15, -0.1) is 0 Å². The van der Waals surface area contributed by atoms with E-state index >= 15 is 0 Å². The highest BCUT2D eigenvalue weighted by Gasteiger charge is 2.25. The third kappa shape index (κ3) is 4.41. The van der Waals surface area contributed by atoms with E-state index in [-0.39, 0.29) is 16.5 Å². The number of anilines is 1. The molecule has 1 saturated heterocycles. The average Bonchev–Trinajstić information content (AvgIpc) is 3.33. The van der Waals surface area contributed by atoms with Gasteiger partial charge >= 0.3 is 0 Å². The summed E-state index contributed by atoms with van der Waals surface area (Å²) in [5.41, 5.74) is 1.70. The smallest absolute Gasteiger partial charge is 0.293 e. The van der Waals surface area contributed by atoms with Crippen molar-refractivity contribution in [1.82, 2.24) is 10.1 Å². The van der Waals surface area contributed by atoms with Crippen molar-refractivity contribution in [3.8, 4) is 40.1 Å². The molecule has 1 unspecified atom stereocenters. The van der Waals surface area contributed by atoms with Crippen LogP contribution < -0.4 is 19.1 Å². The number of nitro groups is 1. The maximum Gasteiger partial charge on any atom is 0.293 e. The number of benzene rings is 2. The van der Waals surface area contributed by atoms with E-state index in [0.29, 0.717) is 45.8 Å². The number of methoxy groups -OCH3 is 3. The lowest BCUT2D eigenvalue weighted by Crippen LogP contribution is -2.34. The lowest BCUT2D eigenvalue weighted by Gasteiger charge is -2.32. The molecule has 1 aromatic heterocycles. The van der Waals surface area contributed by atoms with Crippen molar-refractivity contribution >= 4 is 11.4 Å². The Morgan fingerprint density at radius 1 is 1.09 bits per heavy atom. The molecule has 10 heteroatoms. The molecule has 4 rings (SSSR count). The van der Waals surface area contributed by atoms with Crippen LogP contribution in [0.5, 0.6) is 17.2 Å². The lowest BCUT2D eigenvalue weighted by atomic mass is 9.99. The third-order valence-corrected chi connectivity index (χ3v) is 5.77. The first-order chi connectivity index (χ1) is 15.9. The zero-order valence-corrected chi connectivity index (χ0v) is 19.0. The van der Waals surface area contributed by atoms with Crippen LogP contribution in [0.3, 0.4) is 0 Å². The minimum atomic E-state index is -0.366. The van der Waals surface area contributed by atoms with Crippen molar-refractivity contribution in [2.45, 2.75) is 19.8 Å². The first-order valence-corrected chi connectivity index (χ1v) is 10.6. The molecule has 0 saturated carbocycles. The molecular weight excluding hydrogens is 428 g/mol. The molecule has 1 atom stereocenters. The lowest BCUT2D eigenvalue weighted by molar-refractivity contribution is -0.384. The molecule has 0 spiro atoms. The summed E-state index contributed by atoms with van der Waals surface area (Å²) in [5, 5.41) is 15.9. The second-order valence-corrected chi connectivity index (χ2v) is 7.99. The van der Waals surface area contributed by atoms with Gasteiger partial charge in [-0.2, -0.15) is 4.98 Å². The standard InChI is InChI=1S/C23H26N4O6/c1-14-6-5-9-26(13-14)17-8-7-15(10-18(17)27(28)29)23-24-22(25-33-23)16-11-19(30-2)21(32-4)20(12-16)31-3/h7-8,10-12,14H,5-6,9,13H2,1-4H3. The monoisotopic (exact) mass is 454 g/mol. The van der Waals surface area contributed by atoms with Crippen molar-refractivity contribution in [2.24, 2.45) is 5.92 Å². The molecule has 0 bridgehead atoms. The van der Waals surface area contributed by atoms with Crippen LogP contribution in [0.1, 0.15) is 19.8 Å². The van der Waals surface area contributed by atoms with E-state index in [2.05, 4.69) is 22.0 Å². The van der Waals surface area contributed by atoms with E-state index < -0.39 is 0 Å². The van der Waals surface area contributed by atoms with E-state index in [0.717, 1.165) is 25.9 Å². The molecule has 3 aromatic rings. The number of hydrogen-bond donors (Lipinski definition) is 0. The zero-order chi connectivity index (χ0) is 23.5. The number of hydrogen-bond acceptors (Lipinski definition) is 9. The van der Waals surface area contributed by atoms with Gasteiger partial charge in [0, 0.05) is 30.3 Å². The summed E-state index contributed by atoms with van der Waals surface area (Å²) in [5.74, 6) is 2.32. The minimum absolute atomic E-state index is 0.0223. The normalized spacial score (nSPS) is 15.9. The fourth-order valence-electron chi connectivity index (χ4n) is 4.15. The summed E-state index contributed by atoms with van der Waals surface area (Å²) in [4.78, 5) is 18.0. The minimum Gasteiger partial charge on any atom is -0.493 e. The van der Waals surface area contributed by atoms with Gasteiger partial charge in [-0.25, -0.2) is 0 Å². The summed E-state index contributed by atoms with van der Waals surface area (Å²) in [6, 6.07) is 8.43. The molecule has 0 aliphatic carbocycles. The molecule has 1 aliphatic rings. The summed E-state index contributed by atoms with van der Waals surface area (Å²) < 4.78 is 21.5. The number of nitro benzene ring substituents is 1. The first kappa shape index (κ1) is 22.4. The molecule has 2 heterocycles. The quantitative estimate of drug-likeness (QED) is 0.374. The van der Waals surface area contributed by atoms with Gasteiger partial charge in [0.1, 0.15) is 5.69 Å². The SMILES string of the molecule is COc1cc(-c2noc(-c3ccc(N4CCCC(C)C4)c([N+](=O)[O-])c3)n2)cc(OC)c1OC. The van der Waals surface area contributed by atoms with E-state index in [1.807, 2.05) is 0 Å². The number of ether oxygens (including phenoxy) is 3. The maximum absolute atomic E-state index is 11.8. The Morgan fingerprint density at radius 2 is 1.82 bits per heavy atom. The van der Waals surface area contributed by atoms with Gasteiger partial charge in [0.2, 0.25) is 11.6 Å². The Morgan fingerprint density at radius 3 is 2.42 bits per heavy atom. The van der Waals surface area contributed by atoms with E-state index in [1.54, 1.807) is 24.3 Å². The largest absolute Gasteiger partial charge is 0.493 e. The zero-order valence-electron chi connectivity index (χ0n) is 19.0. The first-order valence-electron chi connectivity index (χ1n) is 10.6. The molecule has 10 nitrogen and oxygen atoms in total. The summed E-state index contributed by atoms with van der Waals surface area (Å²) in [6.45, 7) is 3.76. The molecule has 1 fully saturated rings. The molecule has 2 aromatic carbocycles. The van der Waals surface area contributed by atoms with Gasteiger partial charge in [0.25, 0.3) is 11.6 Å². The molecule has 0 amide bonds. The van der Waals surface area contributed by atoms with Gasteiger partial charge in [-0.05, 0) is 43.0 Å². The van der Waals surface area contributed by atoms with Gasteiger partial charge in [0.05, 0.1) is 26.3 Å². The topological polar surface area (TPSA) is 113 Å². The molecular formula is C23H26N4O6. The fourth-order valence-corrected chi connectivity index (χ4v) is 4.15. The second kappa shape index (κ2) is 9.35. The number of rotatable bonds is 7. The molecule has 1 aliphatic heterocycles. The Bertz CT molecular complexity index is 1140. The Hall–Kier alpha value is -3.82. The van der Waals surface area contributed by atoms with Gasteiger partial charge in [-0.1, -0.05) is 12.1 Å². The van der Waals surface area contributed by atoms with Crippen LogP contribution >= 0.6 is 0 Å². The number of nitrogens with zero attached hydrogens (tertiary/aromatic N) is 4. The highest BCUT2D eigenvalue weighted by molar-refractivity contribution is 5.72. The van der Waals surface area contributed by atoms with Crippen LogP contribution in [0.4, 0.5) is 11.4 Å². The average molecular weight is 454 g/mol. The third-order valence-electron chi connectivity index (χ3n) is 5.77. The Labute approximate surface area is 191 Å². The van der Waals surface area contributed by atoms with Crippen molar-refractivity contribution < 1.29 is 23.7 Å². The summed E-state index contributed by atoms with van der Waals surface area (Å²) in [6.07, 6.45) is 2.15. The highest BCUT2D eigenvalue weighted by atomic mass is 16.6. The summed E-state index contributed by atoms with van der Waals surface area (Å²) in [7, 11) is 4.56. The van der Waals surface area contributed by atoms with Crippen LogP contribution in [-0.4, -0.2) is 49.5 Å². The predicted molar refractivity (Wildman–Crippen MR) is 122 cm³/mol. The highest BCUT2D eigenvalue weighted by Crippen LogP contribution is 2.41. The van der Waals surface area contributed by atoms with Crippen LogP contribution in [0, 0.1) is 16.0 Å². The number of piperidine rings is 1. The van der Waals surface area contributed by atoms with Crippen LogP contribution in [0.25, 0.3) is 22.8 Å². The maximum atomic E-state index is 11.8. The second-order valence-electron chi connectivity index (χ2n) is 7.99. The van der Waals surface area contributed by atoms with Crippen molar-refractivity contribution in [2.75, 3.05) is 39.3 Å². The van der Waals surface area contributed by atoms with Crippen molar-refractivity contribution in [1.29, 1.82) is 0 Å². The van der Waals surface area contributed by atoms with Crippen molar-refractivity contribution in [3.63, 3.8) is 0 Å². The Balaban J connectivity index is 1.69. The van der Waals surface area contributed by atoms with Crippen LogP contribution in [-0.2, 0) is 0 Å². The van der Waals surface area contributed by atoms with Crippen LogP contribution in [0.15, 0.2) is 34.9 Å². The van der Waals surface area contributed by atoms with Gasteiger partial charge in [0.15, 0.2) is 11.5 Å². The van der Waals surface area contributed by atoms with E-state index in [9.17, 15) is 10.1 Å². The molecule has 33 heavy (non-hydrogen) atoms. The summed E-state index contributed by atoms with van der Waals surface area (Å²) >= 11 is 0. The van der Waals surface area contributed by atoms with Crippen molar-refractivity contribution in [3.05, 3.63) is 40.4 Å². The van der Waals surface area contributed by atoms with E-state index in [4.69, 9.17) is 18.7 Å². The van der Waals surface area contributed by atoms with Gasteiger partial charge < -0.3 is 23.6 Å². The molecule has 174 valence electrons. The molecule has 0 N–H and O–H groups in total. The Kier molecular flexibility index (Phi) is 6.34.